The number of rotatable bonds is 8. The van der Waals surface area contributed by atoms with E-state index in [2.05, 4.69) is 10.0 Å². The van der Waals surface area contributed by atoms with Crippen molar-refractivity contribution >= 4 is 21.6 Å². The van der Waals surface area contributed by atoms with Crippen molar-refractivity contribution in [1.82, 2.24) is 4.72 Å². The van der Waals surface area contributed by atoms with Crippen LogP contribution in [-0.4, -0.2) is 27.0 Å². The highest BCUT2D eigenvalue weighted by atomic mass is 32.2. The molecule has 7 heteroatoms. The molecule has 0 bridgehead atoms. The minimum atomic E-state index is -3.63. The van der Waals surface area contributed by atoms with E-state index >= 15 is 0 Å². The first kappa shape index (κ1) is 18.4. The number of sulfonamides is 1. The number of carbonyl (C=O) groups excluding carboxylic acids is 1. The van der Waals surface area contributed by atoms with E-state index in [0.717, 1.165) is 12.8 Å². The number of amides is 1. The summed E-state index contributed by atoms with van der Waals surface area (Å²) >= 11 is 0. The van der Waals surface area contributed by atoms with Crippen LogP contribution >= 0.6 is 0 Å². The molecule has 6 nitrogen and oxygen atoms in total. The lowest BCUT2D eigenvalue weighted by Crippen LogP contribution is -2.32. The van der Waals surface area contributed by atoms with Gasteiger partial charge in [0.1, 0.15) is 5.75 Å². The maximum Gasteiger partial charge on any atom is 0.240 e. The van der Waals surface area contributed by atoms with E-state index in [9.17, 15) is 13.2 Å². The van der Waals surface area contributed by atoms with Gasteiger partial charge in [-0.15, -0.1) is 0 Å². The lowest BCUT2D eigenvalue weighted by Gasteiger charge is -2.15. The van der Waals surface area contributed by atoms with E-state index in [1.54, 1.807) is 6.07 Å². The molecule has 1 rings (SSSR count). The standard InChI is InChI=1S/C15H24N2O4S/c1-5-7-11(3)17-22(19,20)13-8-9-15(21-6-2)14(10-13)16-12(4)18/h8-11,17H,5-7H2,1-4H3,(H,16,18)/t11-/m1/s1. The van der Waals surface area contributed by atoms with Crippen LogP contribution in [0, 0.1) is 0 Å². The van der Waals surface area contributed by atoms with Crippen LogP contribution in [0.15, 0.2) is 23.1 Å². The van der Waals surface area contributed by atoms with Crippen molar-refractivity contribution in [3.8, 4) is 5.75 Å². The Morgan fingerprint density at radius 2 is 2.00 bits per heavy atom. The van der Waals surface area contributed by atoms with Gasteiger partial charge in [0, 0.05) is 13.0 Å². The molecule has 1 aromatic carbocycles. The Labute approximate surface area is 132 Å². The van der Waals surface area contributed by atoms with Crippen LogP contribution in [0.5, 0.6) is 5.75 Å². The summed E-state index contributed by atoms with van der Waals surface area (Å²) < 4.78 is 32.7. The largest absolute Gasteiger partial charge is 0.492 e. The Hall–Kier alpha value is -1.60. The van der Waals surface area contributed by atoms with Crippen LogP contribution in [0.4, 0.5) is 5.69 Å². The van der Waals surface area contributed by atoms with Gasteiger partial charge in [-0.3, -0.25) is 4.79 Å². The summed E-state index contributed by atoms with van der Waals surface area (Å²) in [6.45, 7) is 7.42. The summed E-state index contributed by atoms with van der Waals surface area (Å²) in [5.41, 5.74) is 0.348. The summed E-state index contributed by atoms with van der Waals surface area (Å²) in [4.78, 5) is 11.4. The van der Waals surface area contributed by atoms with Crippen molar-refractivity contribution in [2.45, 2.75) is 51.5 Å². The van der Waals surface area contributed by atoms with E-state index in [0.29, 0.717) is 18.0 Å². The van der Waals surface area contributed by atoms with Crippen molar-refractivity contribution in [3.63, 3.8) is 0 Å². The zero-order chi connectivity index (χ0) is 16.8. The number of hydrogen-bond acceptors (Lipinski definition) is 4. The maximum atomic E-state index is 12.4. The molecule has 0 aliphatic carbocycles. The molecule has 22 heavy (non-hydrogen) atoms. The summed E-state index contributed by atoms with van der Waals surface area (Å²) in [5, 5.41) is 2.59. The first-order valence-electron chi connectivity index (χ1n) is 7.37. The third-order valence-corrected chi connectivity index (χ3v) is 4.54. The molecule has 0 aliphatic rings. The first-order valence-corrected chi connectivity index (χ1v) is 8.85. The normalized spacial score (nSPS) is 12.7. The lowest BCUT2D eigenvalue weighted by atomic mass is 10.2. The summed E-state index contributed by atoms with van der Waals surface area (Å²) in [6, 6.07) is 4.28. The highest BCUT2D eigenvalue weighted by Gasteiger charge is 2.19. The van der Waals surface area contributed by atoms with E-state index in [-0.39, 0.29) is 16.8 Å². The fraction of sp³-hybridized carbons (Fsp3) is 0.533. The minimum Gasteiger partial charge on any atom is -0.492 e. The zero-order valence-corrected chi connectivity index (χ0v) is 14.3. The van der Waals surface area contributed by atoms with Gasteiger partial charge in [-0.05, 0) is 38.5 Å². The SMILES string of the molecule is CCC[C@@H](C)NS(=O)(=O)c1ccc(OCC)c(NC(C)=O)c1. The predicted octanol–water partition coefficient (Wildman–Crippen LogP) is 2.51. The Morgan fingerprint density at radius 1 is 1.32 bits per heavy atom. The third-order valence-electron chi connectivity index (χ3n) is 2.95. The molecule has 0 aromatic heterocycles. The fourth-order valence-corrected chi connectivity index (χ4v) is 3.37. The molecule has 0 fully saturated rings. The topological polar surface area (TPSA) is 84.5 Å². The molecule has 1 atom stereocenters. The molecule has 0 saturated heterocycles. The van der Waals surface area contributed by atoms with Gasteiger partial charge in [0.2, 0.25) is 15.9 Å². The molecule has 0 saturated carbocycles. The molecule has 0 spiro atoms. The number of benzene rings is 1. The van der Waals surface area contributed by atoms with Crippen LogP contribution in [0.1, 0.15) is 40.5 Å². The fourth-order valence-electron chi connectivity index (χ4n) is 2.07. The molecular weight excluding hydrogens is 304 g/mol. The van der Waals surface area contributed by atoms with Crippen LogP contribution in [0.2, 0.25) is 0 Å². The Kier molecular flexibility index (Phi) is 6.83. The van der Waals surface area contributed by atoms with Gasteiger partial charge in [0.15, 0.2) is 0 Å². The minimum absolute atomic E-state index is 0.0997. The number of ether oxygens (including phenoxy) is 1. The number of hydrogen-bond donors (Lipinski definition) is 2. The van der Waals surface area contributed by atoms with E-state index in [1.165, 1.54) is 19.1 Å². The van der Waals surface area contributed by atoms with Gasteiger partial charge in [-0.2, -0.15) is 0 Å². The highest BCUT2D eigenvalue weighted by molar-refractivity contribution is 7.89. The second-order valence-electron chi connectivity index (χ2n) is 5.08. The van der Waals surface area contributed by atoms with Gasteiger partial charge in [-0.1, -0.05) is 13.3 Å². The second-order valence-corrected chi connectivity index (χ2v) is 6.80. The summed E-state index contributed by atoms with van der Waals surface area (Å²) in [6.07, 6.45) is 1.65. The second kappa shape index (κ2) is 8.14. The van der Waals surface area contributed by atoms with Crippen LogP contribution < -0.4 is 14.8 Å². The van der Waals surface area contributed by atoms with Gasteiger partial charge in [0.25, 0.3) is 0 Å². The van der Waals surface area contributed by atoms with Crippen LogP contribution in [0.3, 0.4) is 0 Å². The molecule has 0 unspecified atom stereocenters. The molecule has 124 valence electrons. The summed E-state index contributed by atoms with van der Waals surface area (Å²) in [5.74, 6) is 0.154. The Morgan fingerprint density at radius 3 is 2.55 bits per heavy atom. The number of carbonyl (C=O) groups is 1. The number of nitrogens with one attached hydrogen (secondary N) is 2. The smallest absolute Gasteiger partial charge is 0.240 e. The van der Waals surface area contributed by atoms with Crippen LogP contribution in [0.25, 0.3) is 0 Å². The molecule has 0 heterocycles. The third kappa shape index (κ3) is 5.31. The molecule has 0 aliphatic heterocycles. The quantitative estimate of drug-likeness (QED) is 0.768. The monoisotopic (exact) mass is 328 g/mol. The van der Waals surface area contributed by atoms with E-state index in [4.69, 9.17) is 4.74 Å². The van der Waals surface area contributed by atoms with Crippen LogP contribution in [-0.2, 0) is 14.8 Å². The van der Waals surface area contributed by atoms with Gasteiger partial charge < -0.3 is 10.1 Å². The predicted molar refractivity (Wildman–Crippen MR) is 86.6 cm³/mol. The van der Waals surface area contributed by atoms with Gasteiger partial charge in [0.05, 0.1) is 17.2 Å². The lowest BCUT2D eigenvalue weighted by molar-refractivity contribution is -0.114. The van der Waals surface area contributed by atoms with Crippen molar-refractivity contribution in [1.29, 1.82) is 0 Å². The molecule has 0 radical (unpaired) electrons. The summed E-state index contributed by atoms with van der Waals surface area (Å²) in [7, 11) is -3.63. The Balaban J connectivity index is 3.11. The van der Waals surface area contributed by atoms with Gasteiger partial charge >= 0.3 is 0 Å². The van der Waals surface area contributed by atoms with Crippen molar-refractivity contribution in [3.05, 3.63) is 18.2 Å². The van der Waals surface area contributed by atoms with Crippen molar-refractivity contribution in [2.75, 3.05) is 11.9 Å². The average Bonchev–Trinajstić information content (AvgIpc) is 2.39. The van der Waals surface area contributed by atoms with Crippen molar-refractivity contribution in [2.24, 2.45) is 0 Å². The molecular formula is C15H24N2O4S. The average molecular weight is 328 g/mol. The van der Waals surface area contributed by atoms with E-state index in [1.807, 2.05) is 20.8 Å². The zero-order valence-electron chi connectivity index (χ0n) is 13.5. The maximum absolute atomic E-state index is 12.4. The van der Waals surface area contributed by atoms with Gasteiger partial charge in [-0.25, -0.2) is 13.1 Å². The van der Waals surface area contributed by atoms with Crippen molar-refractivity contribution < 1.29 is 17.9 Å². The number of anilines is 1. The molecule has 2 N–H and O–H groups in total. The molecule has 1 amide bonds. The highest BCUT2D eigenvalue weighted by Crippen LogP contribution is 2.28. The molecule has 1 aromatic rings. The Bertz CT molecular complexity index is 614. The van der Waals surface area contributed by atoms with E-state index < -0.39 is 10.0 Å². The first-order chi connectivity index (χ1) is 10.3.